The van der Waals surface area contributed by atoms with Gasteiger partial charge in [-0.1, -0.05) is 42.5 Å². The van der Waals surface area contributed by atoms with Crippen molar-refractivity contribution in [2.45, 2.75) is 6.92 Å². The first-order valence-corrected chi connectivity index (χ1v) is 10.1. The average molecular weight is 428 g/mol. The summed E-state index contributed by atoms with van der Waals surface area (Å²) in [6.45, 7) is 1.46. The molecule has 0 saturated heterocycles. The van der Waals surface area contributed by atoms with Gasteiger partial charge in [-0.25, -0.2) is 0 Å². The Morgan fingerprint density at radius 1 is 0.812 bits per heavy atom. The van der Waals surface area contributed by atoms with Crippen molar-refractivity contribution in [1.82, 2.24) is 5.32 Å². The van der Waals surface area contributed by atoms with E-state index in [4.69, 9.17) is 0 Å². The first kappa shape index (κ1) is 22.5. The van der Waals surface area contributed by atoms with Crippen LogP contribution in [-0.4, -0.2) is 31.7 Å². The largest absolute Gasteiger partial charge is 0.378 e. The molecule has 3 aromatic rings. The molecule has 0 bridgehead atoms. The van der Waals surface area contributed by atoms with Crippen LogP contribution in [0.25, 0.3) is 6.08 Å². The van der Waals surface area contributed by atoms with Crippen LogP contribution in [0.5, 0.6) is 0 Å². The number of nitrogens with one attached hydrogen (secondary N) is 2. The highest BCUT2D eigenvalue weighted by molar-refractivity contribution is 6.11. The number of anilines is 2. The van der Waals surface area contributed by atoms with Crippen LogP contribution in [0.2, 0.25) is 0 Å². The van der Waals surface area contributed by atoms with Crippen molar-refractivity contribution >= 4 is 35.0 Å². The molecule has 32 heavy (non-hydrogen) atoms. The van der Waals surface area contributed by atoms with E-state index in [1.165, 1.54) is 6.92 Å². The van der Waals surface area contributed by atoms with Crippen LogP contribution in [0, 0.1) is 0 Å². The Hall–Kier alpha value is -4.19. The van der Waals surface area contributed by atoms with Gasteiger partial charge in [-0.15, -0.1) is 0 Å². The molecule has 0 aliphatic heterocycles. The van der Waals surface area contributed by atoms with Gasteiger partial charge in [-0.05, 0) is 55.0 Å². The molecule has 0 spiro atoms. The van der Waals surface area contributed by atoms with Gasteiger partial charge in [0.05, 0.1) is 0 Å². The van der Waals surface area contributed by atoms with Crippen molar-refractivity contribution in [2.75, 3.05) is 24.3 Å². The molecule has 6 heteroatoms. The lowest BCUT2D eigenvalue weighted by Crippen LogP contribution is -2.30. The predicted molar refractivity (Wildman–Crippen MR) is 128 cm³/mol. The summed E-state index contributed by atoms with van der Waals surface area (Å²) in [4.78, 5) is 39.4. The van der Waals surface area contributed by atoms with Crippen molar-refractivity contribution in [2.24, 2.45) is 0 Å². The Labute approximate surface area is 187 Å². The van der Waals surface area contributed by atoms with E-state index < -0.39 is 11.8 Å². The molecule has 0 unspecified atom stereocenters. The summed E-state index contributed by atoms with van der Waals surface area (Å²) < 4.78 is 0. The second-order valence-electron chi connectivity index (χ2n) is 7.46. The van der Waals surface area contributed by atoms with Crippen LogP contribution in [0.1, 0.15) is 33.2 Å². The highest BCUT2D eigenvalue weighted by Crippen LogP contribution is 2.16. The first-order valence-electron chi connectivity index (χ1n) is 10.1. The Morgan fingerprint density at radius 2 is 1.47 bits per heavy atom. The molecule has 0 radical (unpaired) electrons. The SMILES string of the molecule is CC(=O)c1cccc(NC(=O)/C(=C/c2ccc(N(C)C)cc2)NC(=O)c2ccccc2)c1. The van der Waals surface area contributed by atoms with E-state index in [-0.39, 0.29) is 11.5 Å². The van der Waals surface area contributed by atoms with E-state index in [0.29, 0.717) is 16.8 Å². The van der Waals surface area contributed by atoms with Gasteiger partial charge >= 0.3 is 0 Å². The van der Waals surface area contributed by atoms with Gasteiger partial charge < -0.3 is 15.5 Å². The molecule has 0 fully saturated rings. The molecule has 0 saturated carbocycles. The summed E-state index contributed by atoms with van der Waals surface area (Å²) in [7, 11) is 3.89. The Bertz CT molecular complexity index is 1150. The third kappa shape index (κ3) is 5.92. The number of ketones is 1. The number of hydrogen-bond donors (Lipinski definition) is 2. The smallest absolute Gasteiger partial charge is 0.272 e. The molecule has 2 N–H and O–H groups in total. The number of benzene rings is 3. The van der Waals surface area contributed by atoms with Crippen molar-refractivity contribution in [3.8, 4) is 0 Å². The van der Waals surface area contributed by atoms with Crippen molar-refractivity contribution in [3.05, 3.63) is 101 Å². The van der Waals surface area contributed by atoms with E-state index in [1.54, 1.807) is 54.6 Å². The summed E-state index contributed by atoms with van der Waals surface area (Å²) in [5, 5.41) is 5.47. The number of amides is 2. The van der Waals surface area contributed by atoms with Crippen LogP contribution in [-0.2, 0) is 4.79 Å². The van der Waals surface area contributed by atoms with E-state index in [9.17, 15) is 14.4 Å². The van der Waals surface area contributed by atoms with E-state index >= 15 is 0 Å². The maximum Gasteiger partial charge on any atom is 0.272 e. The topological polar surface area (TPSA) is 78.5 Å². The minimum absolute atomic E-state index is 0.0877. The molecule has 3 rings (SSSR count). The average Bonchev–Trinajstić information content (AvgIpc) is 2.79. The highest BCUT2D eigenvalue weighted by atomic mass is 16.2. The van der Waals surface area contributed by atoms with Crippen LogP contribution in [0.4, 0.5) is 11.4 Å². The minimum atomic E-state index is -0.494. The molecule has 162 valence electrons. The van der Waals surface area contributed by atoms with Gasteiger partial charge in [0.25, 0.3) is 11.8 Å². The molecule has 2 amide bonds. The van der Waals surface area contributed by atoms with Crippen molar-refractivity contribution < 1.29 is 14.4 Å². The molecule has 3 aromatic carbocycles. The Balaban J connectivity index is 1.90. The quantitative estimate of drug-likeness (QED) is 0.434. The zero-order valence-corrected chi connectivity index (χ0v) is 18.3. The maximum atomic E-state index is 13.1. The fraction of sp³-hybridized carbons (Fsp3) is 0.115. The molecule has 0 heterocycles. The summed E-state index contributed by atoms with van der Waals surface area (Å²) in [6, 6.07) is 22.9. The molecule has 0 atom stereocenters. The zero-order valence-electron chi connectivity index (χ0n) is 18.3. The zero-order chi connectivity index (χ0) is 23.1. The van der Waals surface area contributed by atoms with E-state index in [2.05, 4.69) is 10.6 Å². The molecular formula is C26H25N3O3. The van der Waals surface area contributed by atoms with E-state index in [0.717, 1.165) is 11.3 Å². The lowest BCUT2D eigenvalue weighted by molar-refractivity contribution is -0.113. The summed E-state index contributed by atoms with van der Waals surface area (Å²) in [5.74, 6) is -0.990. The normalized spacial score (nSPS) is 10.9. The minimum Gasteiger partial charge on any atom is -0.378 e. The second kappa shape index (κ2) is 10.2. The highest BCUT2D eigenvalue weighted by Gasteiger charge is 2.15. The lowest BCUT2D eigenvalue weighted by atomic mass is 10.1. The van der Waals surface area contributed by atoms with Gasteiger partial charge in [0, 0.05) is 36.6 Å². The summed E-state index contributed by atoms with van der Waals surface area (Å²) in [6.07, 6.45) is 1.62. The van der Waals surface area contributed by atoms with Gasteiger partial charge in [0.2, 0.25) is 0 Å². The van der Waals surface area contributed by atoms with Gasteiger partial charge in [-0.3, -0.25) is 14.4 Å². The van der Waals surface area contributed by atoms with Crippen molar-refractivity contribution in [3.63, 3.8) is 0 Å². The van der Waals surface area contributed by atoms with Crippen LogP contribution >= 0.6 is 0 Å². The Kier molecular flexibility index (Phi) is 7.18. The van der Waals surface area contributed by atoms with Crippen molar-refractivity contribution in [1.29, 1.82) is 0 Å². The van der Waals surface area contributed by atoms with Gasteiger partial charge in [0.15, 0.2) is 5.78 Å². The number of hydrogen-bond acceptors (Lipinski definition) is 4. The van der Waals surface area contributed by atoms with Gasteiger partial charge in [0.1, 0.15) is 5.70 Å². The molecule has 6 nitrogen and oxygen atoms in total. The van der Waals surface area contributed by atoms with E-state index in [1.807, 2.05) is 49.3 Å². The number of carbonyl (C=O) groups excluding carboxylic acids is 3. The fourth-order valence-corrected chi connectivity index (χ4v) is 2.99. The number of rotatable bonds is 7. The second-order valence-corrected chi connectivity index (χ2v) is 7.46. The molecular weight excluding hydrogens is 402 g/mol. The lowest BCUT2D eigenvalue weighted by Gasteiger charge is -2.13. The van der Waals surface area contributed by atoms with Crippen LogP contribution < -0.4 is 15.5 Å². The van der Waals surface area contributed by atoms with Gasteiger partial charge in [-0.2, -0.15) is 0 Å². The predicted octanol–water partition coefficient (Wildman–Crippen LogP) is 4.36. The summed E-state index contributed by atoms with van der Waals surface area (Å²) >= 11 is 0. The Morgan fingerprint density at radius 3 is 2.09 bits per heavy atom. The molecule has 0 aromatic heterocycles. The fourth-order valence-electron chi connectivity index (χ4n) is 2.99. The monoisotopic (exact) mass is 427 g/mol. The number of carbonyl (C=O) groups is 3. The molecule has 0 aliphatic carbocycles. The van der Waals surface area contributed by atoms with Crippen LogP contribution in [0.3, 0.4) is 0 Å². The third-order valence-electron chi connectivity index (χ3n) is 4.78. The summed E-state index contributed by atoms with van der Waals surface area (Å²) in [5.41, 5.74) is 3.25. The molecule has 0 aliphatic rings. The maximum absolute atomic E-state index is 13.1. The third-order valence-corrected chi connectivity index (χ3v) is 4.78. The number of nitrogens with zero attached hydrogens (tertiary/aromatic N) is 1. The van der Waals surface area contributed by atoms with Crippen LogP contribution in [0.15, 0.2) is 84.6 Å². The first-order chi connectivity index (χ1) is 15.3. The number of Topliss-reactive ketones (excluding diaryl/α,β-unsaturated/α-hetero) is 1. The standard InChI is InChI=1S/C26H25N3O3/c1-18(30)21-10-7-11-22(17-21)27-26(32)24(28-25(31)20-8-5-4-6-9-20)16-19-12-14-23(15-13-19)29(2)3/h4-17H,1-3H3,(H,27,32)(H,28,31)/b24-16-.